The Morgan fingerprint density at radius 3 is 2.59 bits per heavy atom. The molecule has 5 heteroatoms. The summed E-state index contributed by atoms with van der Waals surface area (Å²) < 4.78 is 11.7. The van der Waals surface area contributed by atoms with E-state index in [-0.39, 0.29) is 5.60 Å². The SMILES string of the molecule is COc1cccc(NC2COC3(CCN(Cc4ccc(N(C)C)cc4)CC3)C2)c1. The molecular weight excluding hydrogens is 362 g/mol. The first-order valence-electron chi connectivity index (χ1n) is 10.6. The second-order valence-corrected chi connectivity index (χ2v) is 8.61. The van der Waals surface area contributed by atoms with Crippen LogP contribution in [0.1, 0.15) is 24.8 Å². The van der Waals surface area contributed by atoms with Gasteiger partial charge < -0.3 is 19.7 Å². The summed E-state index contributed by atoms with van der Waals surface area (Å²) in [5, 5.41) is 3.63. The second-order valence-electron chi connectivity index (χ2n) is 8.61. The van der Waals surface area contributed by atoms with E-state index >= 15 is 0 Å². The topological polar surface area (TPSA) is 37.0 Å². The zero-order valence-corrected chi connectivity index (χ0v) is 17.9. The summed E-state index contributed by atoms with van der Waals surface area (Å²) in [5.74, 6) is 0.885. The van der Waals surface area contributed by atoms with Crippen molar-refractivity contribution in [1.82, 2.24) is 4.90 Å². The molecule has 29 heavy (non-hydrogen) atoms. The number of methoxy groups -OCH3 is 1. The van der Waals surface area contributed by atoms with Gasteiger partial charge in [0.25, 0.3) is 0 Å². The average molecular weight is 396 g/mol. The molecule has 0 aliphatic carbocycles. The van der Waals surface area contributed by atoms with E-state index in [4.69, 9.17) is 9.47 Å². The summed E-state index contributed by atoms with van der Waals surface area (Å²) in [6, 6.07) is 17.4. The van der Waals surface area contributed by atoms with Crippen LogP contribution in [0.2, 0.25) is 0 Å². The van der Waals surface area contributed by atoms with E-state index in [9.17, 15) is 0 Å². The predicted octanol–water partition coefficient (Wildman–Crippen LogP) is 4.00. The van der Waals surface area contributed by atoms with Crippen molar-refractivity contribution in [2.45, 2.75) is 37.5 Å². The van der Waals surface area contributed by atoms with Crippen LogP contribution in [0.25, 0.3) is 0 Å². The van der Waals surface area contributed by atoms with Gasteiger partial charge in [-0.25, -0.2) is 0 Å². The van der Waals surface area contributed by atoms with E-state index in [1.807, 2.05) is 12.1 Å². The first-order valence-corrected chi connectivity index (χ1v) is 10.6. The lowest BCUT2D eigenvalue weighted by Gasteiger charge is -2.38. The maximum absolute atomic E-state index is 6.34. The molecule has 0 radical (unpaired) electrons. The van der Waals surface area contributed by atoms with Gasteiger partial charge in [-0.3, -0.25) is 4.90 Å². The largest absolute Gasteiger partial charge is 0.497 e. The fourth-order valence-corrected chi connectivity index (χ4v) is 4.51. The lowest BCUT2D eigenvalue weighted by Crippen LogP contribution is -2.44. The van der Waals surface area contributed by atoms with Crippen LogP contribution in [0.3, 0.4) is 0 Å². The number of likely N-dealkylation sites (tertiary alicyclic amines) is 1. The molecular formula is C24H33N3O2. The number of hydrogen-bond donors (Lipinski definition) is 1. The van der Waals surface area contributed by atoms with Crippen molar-refractivity contribution < 1.29 is 9.47 Å². The summed E-state index contributed by atoms with van der Waals surface area (Å²) in [5.41, 5.74) is 3.78. The molecule has 1 spiro atoms. The first-order chi connectivity index (χ1) is 14.0. The molecule has 0 bridgehead atoms. The average Bonchev–Trinajstić information content (AvgIpc) is 3.12. The molecule has 4 rings (SSSR count). The lowest BCUT2D eigenvalue weighted by molar-refractivity contribution is -0.0448. The Hall–Kier alpha value is -2.24. The molecule has 1 atom stereocenters. The zero-order chi connectivity index (χ0) is 20.3. The smallest absolute Gasteiger partial charge is 0.120 e. The summed E-state index contributed by atoms with van der Waals surface area (Å²) in [4.78, 5) is 4.70. The van der Waals surface area contributed by atoms with Crippen molar-refractivity contribution in [3.8, 4) is 5.75 Å². The third kappa shape index (κ3) is 4.85. The molecule has 1 unspecified atom stereocenters. The molecule has 2 heterocycles. The van der Waals surface area contributed by atoms with Gasteiger partial charge in [0.05, 0.1) is 25.4 Å². The Bertz CT molecular complexity index is 798. The summed E-state index contributed by atoms with van der Waals surface area (Å²) >= 11 is 0. The van der Waals surface area contributed by atoms with Crippen molar-refractivity contribution >= 4 is 11.4 Å². The van der Waals surface area contributed by atoms with Gasteiger partial charge in [-0.05, 0) is 49.1 Å². The van der Waals surface area contributed by atoms with Crippen LogP contribution in [0.5, 0.6) is 5.75 Å². The number of ether oxygens (including phenoxy) is 2. The van der Waals surface area contributed by atoms with Gasteiger partial charge >= 0.3 is 0 Å². The Labute approximate surface area is 174 Å². The number of nitrogens with one attached hydrogen (secondary N) is 1. The maximum atomic E-state index is 6.34. The Balaban J connectivity index is 1.27. The minimum absolute atomic E-state index is 0.0435. The third-order valence-corrected chi connectivity index (χ3v) is 6.28. The van der Waals surface area contributed by atoms with E-state index in [2.05, 4.69) is 65.6 Å². The van der Waals surface area contributed by atoms with Crippen molar-refractivity contribution in [3.05, 3.63) is 54.1 Å². The molecule has 2 aliphatic rings. The van der Waals surface area contributed by atoms with Crippen LogP contribution in [0.15, 0.2) is 48.5 Å². The van der Waals surface area contributed by atoms with Gasteiger partial charge in [0.15, 0.2) is 0 Å². The highest BCUT2D eigenvalue weighted by molar-refractivity contribution is 5.49. The molecule has 2 fully saturated rings. The number of rotatable bonds is 6. The number of nitrogens with zero attached hydrogens (tertiary/aromatic N) is 2. The van der Waals surface area contributed by atoms with Crippen molar-refractivity contribution in [3.63, 3.8) is 0 Å². The first kappa shape index (κ1) is 20.0. The number of piperidine rings is 1. The van der Waals surface area contributed by atoms with Crippen LogP contribution in [0, 0.1) is 0 Å². The zero-order valence-electron chi connectivity index (χ0n) is 17.9. The molecule has 2 aromatic carbocycles. The fourth-order valence-electron chi connectivity index (χ4n) is 4.51. The maximum Gasteiger partial charge on any atom is 0.120 e. The van der Waals surface area contributed by atoms with Gasteiger partial charge in [-0.15, -0.1) is 0 Å². The molecule has 0 aromatic heterocycles. The predicted molar refractivity (Wildman–Crippen MR) is 119 cm³/mol. The van der Waals surface area contributed by atoms with Crippen LogP contribution >= 0.6 is 0 Å². The summed E-state index contributed by atoms with van der Waals surface area (Å²) in [6.45, 7) is 4.00. The van der Waals surface area contributed by atoms with Crippen molar-refractivity contribution in [2.75, 3.05) is 51.1 Å². The molecule has 2 saturated heterocycles. The monoisotopic (exact) mass is 395 g/mol. The molecule has 1 N–H and O–H groups in total. The van der Waals surface area contributed by atoms with Gasteiger partial charge in [0.1, 0.15) is 5.75 Å². The quantitative estimate of drug-likeness (QED) is 0.800. The highest BCUT2D eigenvalue weighted by Gasteiger charge is 2.42. The number of anilines is 2. The molecule has 0 amide bonds. The Morgan fingerprint density at radius 1 is 1.14 bits per heavy atom. The van der Waals surface area contributed by atoms with E-state index in [1.165, 1.54) is 11.3 Å². The lowest BCUT2D eigenvalue weighted by atomic mass is 9.87. The number of benzene rings is 2. The van der Waals surface area contributed by atoms with Gasteiger partial charge in [0, 0.05) is 51.2 Å². The Morgan fingerprint density at radius 2 is 1.90 bits per heavy atom. The van der Waals surface area contributed by atoms with Gasteiger partial charge in [0.2, 0.25) is 0 Å². The van der Waals surface area contributed by atoms with Gasteiger partial charge in [-0.1, -0.05) is 18.2 Å². The van der Waals surface area contributed by atoms with E-state index < -0.39 is 0 Å². The normalized spacial score (nSPS) is 21.3. The third-order valence-electron chi connectivity index (χ3n) is 6.28. The summed E-state index contributed by atoms with van der Waals surface area (Å²) in [7, 11) is 5.87. The molecule has 2 aliphatic heterocycles. The molecule has 0 saturated carbocycles. The number of hydrogen-bond acceptors (Lipinski definition) is 5. The molecule has 5 nitrogen and oxygen atoms in total. The van der Waals surface area contributed by atoms with Gasteiger partial charge in [-0.2, -0.15) is 0 Å². The standard InChI is InChI=1S/C24H33N3O2/c1-26(2)22-9-7-19(8-10-22)17-27-13-11-24(12-14-27)16-21(18-29-24)25-20-5-4-6-23(15-20)28-3/h4-10,15,21,25H,11-14,16-18H2,1-3H3. The van der Waals surface area contributed by atoms with E-state index in [0.29, 0.717) is 6.04 Å². The fraction of sp³-hybridized carbons (Fsp3) is 0.500. The highest BCUT2D eigenvalue weighted by atomic mass is 16.5. The van der Waals surface area contributed by atoms with Crippen LogP contribution in [0.4, 0.5) is 11.4 Å². The van der Waals surface area contributed by atoms with Crippen molar-refractivity contribution in [1.29, 1.82) is 0 Å². The van der Waals surface area contributed by atoms with Crippen molar-refractivity contribution in [2.24, 2.45) is 0 Å². The van der Waals surface area contributed by atoms with Crippen LogP contribution in [-0.4, -0.2) is 57.4 Å². The molecule has 2 aromatic rings. The van der Waals surface area contributed by atoms with Crippen LogP contribution < -0.4 is 15.0 Å². The minimum atomic E-state index is 0.0435. The second kappa shape index (κ2) is 8.64. The van der Waals surface area contributed by atoms with E-state index in [1.54, 1.807) is 7.11 Å². The van der Waals surface area contributed by atoms with Crippen LogP contribution in [-0.2, 0) is 11.3 Å². The van der Waals surface area contributed by atoms with E-state index in [0.717, 1.165) is 56.9 Å². The molecule has 156 valence electrons. The highest BCUT2D eigenvalue weighted by Crippen LogP contribution is 2.37. The minimum Gasteiger partial charge on any atom is -0.497 e. The Kier molecular flexibility index (Phi) is 5.97. The summed E-state index contributed by atoms with van der Waals surface area (Å²) in [6.07, 6.45) is 3.30.